The fraction of sp³-hybridized carbons (Fsp3) is 0.786. The van der Waals surface area contributed by atoms with Crippen LogP contribution in [0.5, 0.6) is 0 Å². The van der Waals surface area contributed by atoms with E-state index in [0.717, 1.165) is 31.6 Å². The summed E-state index contributed by atoms with van der Waals surface area (Å²) in [6.07, 6.45) is 2.93. The van der Waals surface area contributed by atoms with E-state index in [4.69, 9.17) is 9.26 Å². The normalized spacial score (nSPS) is 20.9. The molecule has 1 aromatic heterocycles. The molecule has 20 heavy (non-hydrogen) atoms. The monoisotopic (exact) mass is 281 g/mol. The fourth-order valence-electron chi connectivity index (χ4n) is 2.42. The maximum absolute atomic E-state index is 11.9. The summed E-state index contributed by atoms with van der Waals surface area (Å²) in [5.74, 6) is 1.91. The molecule has 112 valence electrons. The topological polar surface area (TPSA) is 68.5 Å². The van der Waals surface area contributed by atoms with E-state index in [9.17, 15) is 4.79 Å². The Balaban J connectivity index is 2.01. The first-order valence-corrected chi connectivity index (χ1v) is 7.25. The van der Waals surface area contributed by atoms with Crippen molar-refractivity contribution in [2.24, 2.45) is 0 Å². The summed E-state index contributed by atoms with van der Waals surface area (Å²) in [7, 11) is 1.54. The van der Waals surface area contributed by atoms with E-state index in [1.807, 2.05) is 4.90 Å². The van der Waals surface area contributed by atoms with Gasteiger partial charge in [-0.2, -0.15) is 4.98 Å². The van der Waals surface area contributed by atoms with Crippen LogP contribution in [0.2, 0.25) is 0 Å². The molecule has 2 rings (SSSR count). The van der Waals surface area contributed by atoms with Gasteiger partial charge in [0.05, 0.1) is 5.92 Å². The van der Waals surface area contributed by atoms with Gasteiger partial charge in [-0.05, 0) is 19.3 Å². The van der Waals surface area contributed by atoms with Gasteiger partial charge in [-0.1, -0.05) is 19.0 Å². The Bertz CT molecular complexity index is 447. The summed E-state index contributed by atoms with van der Waals surface area (Å²) in [6, 6.07) is 0. The molecular formula is C14H23N3O3. The van der Waals surface area contributed by atoms with Gasteiger partial charge < -0.3 is 14.2 Å². The number of hydrogen-bond acceptors (Lipinski definition) is 5. The predicted molar refractivity (Wildman–Crippen MR) is 73.4 cm³/mol. The third-order valence-electron chi connectivity index (χ3n) is 3.90. The summed E-state index contributed by atoms with van der Waals surface area (Å²) in [5.41, 5.74) is 0. The van der Waals surface area contributed by atoms with Crippen LogP contribution in [-0.2, 0) is 9.53 Å². The highest BCUT2D eigenvalue weighted by Gasteiger charge is 2.28. The second-order valence-electron chi connectivity index (χ2n) is 5.41. The molecule has 1 aliphatic rings. The van der Waals surface area contributed by atoms with E-state index in [2.05, 4.69) is 24.0 Å². The van der Waals surface area contributed by atoms with Crippen molar-refractivity contribution < 1.29 is 14.1 Å². The zero-order chi connectivity index (χ0) is 14.5. The van der Waals surface area contributed by atoms with Gasteiger partial charge >= 0.3 is 0 Å². The Hall–Kier alpha value is -1.43. The number of carbonyl (C=O) groups is 1. The van der Waals surface area contributed by atoms with Gasteiger partial charge in [0.25, 0.3) is 0 Å². The molecule has 0 bridgehead atoms. The minimum Gasteiger partial charge on any atom is -0.375 e. The molecule has 1 saturated heterocycles. The summed E-state index contributed by atoms with van der Waals surface area (Å²) in [4.78, 5) is 18.2. The molecule has 0 N–H and O–H groups in total. The van der Waals surface area contributed by atoms with Crippen molar-refractivity contribution in [3.05, 3.63) is 11.7 Å². The van der Waals surface area contributed by atoms with Crippen LogP contribution in [-0.4, -0.2) is 47.8 Å². The molecule has 1 aliphatic heterocycles. The van der Waals surface area contributed by atoms with Crippen molar-refractivity contribution in [1.29, 1.82) is 0 Å². The number of methoxy groups -OCH3 is 1. The Morgan fingerprint density at radius 1 is 1.60 bits per heavy atom. The fourth-order valence-corrected chi connectivity index (χ4v) is 2.42. The highest BCUT2D eigenvalue weighted by atomic mass is 16.5. The van der Waals surface area contributed by atoms with E-state index >= 15 is 0 Å². The minimum atomic E-state index is 0.0267. The van der Waals surface area contributed by atoms with E-state index < -0.39 is 0 Å². The van der Waals surface area contributed by atoms with Crippen molar-refractivity contribution >= 4 is 5.91 Å². The lowest BCUT2D eigenvalue weighted by Crippen LogP contribution is -2.40. The Kier molecular flexibility index (Phi) is 5.11. The van der Waals surface area contributed by atoms with Gasteiger partial charge in [-0.15, -0.1) is 0 Å². The van der Waals surface area contributed by atoms with Crippen LogP contribution in [0.1, 0.15) is 56.7 Å². The lowest BCUT2D eigenvalue weighted by Gasteiger charge is -2.30. The largest absolute Gasteiger partial charge is 0.375 e. The van der Waals surface area contributed by atoms with Gasteiger partial charge in [-0.25, -0.2) is 0 Å². The molecular weight excluding hydrogens is 258 g/mol. The summed E-state index contributed by atoms with van der Waals surface area (Å²) in [6.45, 7) is 5.75. The molecule has 0 aromatic carbocycles. The first-order valence-electron chi connectivity index (χ1n) is 7.25. The smallest absolute Gasteiger partial charge is 0.248 e. The van der Waals surface area contributed by atoms with Crippen LogP contribution in [0.15, 0.2) is 4.52 Å². The molecule has 0 saturated carbocycles. The van der Waals surface area contributed by atoms with Gasteiger partial charge in [-0.3, -0.25) is 4.79 Å². The number of hydrogen-bond donors (Lipinski definition) is 0. The van der Waals surface area contributed by atoms with Gasteiger partial charge in [0.2, 0.25) is 11.8 Å². The number of ether oxygens (including phenoxy) is 1. The van der Waals surface area contributed by atoms with Gasteiger partial charge in [0.15, 0.2) is 5.82 Å². The van der Waals surface area contributed by atoms with Crippen LogP contribution >= 0.6 is 0 Å². The summed E-state index contributed by atoms with van der Waals surface area (Å²) in [5, 5.41) is 4.05. The van der Waals surface area contributed by atoms with Crippen molar-refractivity contribution in [1.82, 2.24) is 15.0 Å². The molecule has 2 atom stereocenters. The van der Waals surface area contributed by atoms with Gasteiger partial charge in [0.1, 0.15) is 6.61 Å². The molecule has 2 heterocycles. The second kappa shape index (κ2) is 6.83. The van der Waals surface area contributed by atoms with E-state index in [0.29, 0.717) is 18.4 Å². The molecule has 0 unspecified atom stereocenters. The number of aromatic nitrogens is 2. The minimum absolute atomic E-state index is 0.0267. The lowest BCUT2D eigenvalue weighted by molar-refractivity contribution is -0.136. The number of rotatable bonds is 5. The molecule has 0 aliphatic carbocycles. The van der Waals surface area contributed by atoms with Crippen LogP contribution < -0.4 is 0 Å². The summed E-state index contributed by atoms with van der Waals surface area (Å²) < 4.78 is 10.3. The van der Waals surface area contributed by atoms with Crippen LogP contribution in [0.4, 0.5) is 0 Å². The molecule has 6 nitrogen and oxygen atoms in total. The number of nitrogens with zero attached hydrogens (tertiary/aromatic N) is 3. The number of piperidine rings is 1. The first kappa shape index (κ1) is 15.0. The Morgan fingerprint density at radius 3 is 3.10 bits per heavy atom. The molecule has 6 heteroatoms. The number of carbonyl (C=O) groups excluding carboxylic acids is 1. The van der Waals surface area contributed by atoms with Crippen molar-refractivity contribution in [3.63, 3.8) is 0 Å². The predicted octanol–water partition coefficient (Wildman–Crippen LogP) is 1.94. The molecule has 0 spiro atoms. The second-order valence-corrected chi connectivity index (χ2v) is 5.41. The number of likely N-dealkylation sites (tertiary alicyclic amines) is 1. The maximum Gasteiger partial charge on any atom is 0.248 e. The first-order chi connectivity index (χ1) is 9.65. The number of amides is 1. The molecule has 1 amide bonds. The van der Waals surface area contributed by atoms with E-state index in [1.165, 1.54) is 7.11 Å². The Labute approximate surface area is 119 Å². The Morgan fingerprint density at radius 2 is 2.40 bits per heavy atom. The standard InChI is InChI=1S/C14H23N3O3/c1-4-10(2)13-15-14(20-16-13)11-6-5-7-17(8-11)12(18)9-19-3/h10-11H,4-9H2,1-3H3/t10-,11+/m0/s1. The zero-order valence-corrected chi connectivity index (χ0v) is 12.5. The van der Waals surface area contributed by atoms with Crippen LogP contribution in [0.25, 0.3) is 0 Å². The molecule has 0 radical (unpaired) electrons. The van der Waals surface area contributed by atoms with Gasteiger partial charge in [0, 0.05) is 26.1 Å². The maximum atomic E-state index is 11.9. The average molecular weight is 281 g/mol. The zero-order valence-electron chi connectivity index (χ0n) is 12.5. The molecule has 1 fully saturated rings. The van der Waals surface area contributed by atoms with Crippen LogP contribution in [0, 0.1) is 0 Å². The highest BCUT2D eigenvalue weighted by molar-refractivity contribution is 5.77. The van der Waals surface area contributed by atoms with Crippen molar-refractivity contribution in [2.75, 3.05) is 26.8 Å². The van der Waals surface area contributed by atoms with E-state index in [1.54, 1.807) is 0 Å². The molecule has 1 aromatic rings. The highest BCUT2D eigenvalue weighted by Crippen LogP contribution is 2.27. The van der Waals surface area contributed by atoms with Crippen molar-refractivity contribution in [3.8, 4) is 0 Å². The lowest BCUT2D eigenvalue weighted by atomic mass is 9.98. The third-order valence-corrected chi connectivity index (χ3v) is 3.90. The van der Waals surface area contributed by atoms with E-state index in [-0.39, 0.29) is 18.4 Å². The quantitative estimate of drug-likeness (QED) is 0.825. The average Bonchev–Trinajstić information content (AvgIpc) is 2.96. The summed E-state index contributed by atoms with van der Waals surface area (Å²) >= 11 is 0. The van der Waals surface area contributed by atoms with Crippen molar-refractivity contribution in [2.45, 2.75) is 44.9 Å². The third kappa shape index (κ3) is 3.36. The van der Waals surface area contributed by atoms with Crippen LogP contribution in [0.3, 0.4) is 0 Å². The SMILES string of the molecule is CC[C@H](C)c1noc([C@@H]2CCCN(C(=O)COC)C2)n1.